The number of aliphatic carboxylic acids is 1. The fourth-order valence-electron chi connectivity index (χ4n) is 1.77. The van der Waals surface area contributed by atoms with Gasteiger partial charge in [-0.15, -0.1) is 0 Å². The molecule has 0 spiro atoms. The minimum Gasteiger partial charge on any atom is -0.481 e. The van der Waals surface area contributed by atoms with E-state index in [0.717, 1.165) is 5.69 Å². The number of rotatable bonds is 6. The highest BCUT2D eigenvalue weighted by Crippen LogP contribution is 2.14. The predicted molar refractivity (Wildman–Crippen MR) is 72.1 cm³/mol. The summed E-state index contributed by atoms with van der Waals surface area (Å²) in [6.45, 7) is 0. The van der Waals surface area contributed by atoms with Gasteiger partial charge in [0.25, 0.3) is 0 Å². The molecule has 1 aromatic heterocycles. The van der Waals surface area contributed by atoms with Gasteiger partial charge in [0.05, 0.1) is 23.4 Å². The molecule has 0 unspecified atom stereocenters. The van der Waals surface area contributed by atoms with Gasteiger partial charge in [-0.2, -0.15) is 0 Å². The Morgan fingerprint density at radius 3 is 2.50 bits per heavy atom. The molecule has 0 bridgehead atoms. The summed E-state index contributed by atoms with van der Waals surface area (Å²) in [4.78, 5) is 17.4. The van der Waals surface area contributed by atoms with E-state index < -0.39 is 15.8 Å². The normalized spacial score (nSPS) is 11.4. The zero-order valence-electron chi connectivity index (χ0n) is 10.6. The maximum Gasteiger partial charge on any atom is 0.307 e. The third-order valence-corrected chi connectivity index (χ3v) is 4.56. The highest BCUT2D eigenvalue weighted by Gasteiger charge is 2.15. The number of aryl methyl sites for hydroxylation is 1. The number of nitrogens with zero attached hydrogens (tertiary/aromatic N) is 1. The van der Waals surface area contributed by atoms with E-state index >= 15 is 0 Å². The second kappa shape index (κ2) is 5.87. The predicted octanol–water partition coefficient (Wildman–Crippen LogP) is 1.05. The van der Waals surface area contributed by atoms with E-state index in [1.807, 2.05) is 0 Å². The van der Waals surface area contributed by atoms with Crippen molar-refractivity contribution in [3.05, 3.63) is 48.0 Å². The summed E-state index contributed by atoms with van der Waals surface area (Å²) in [6.07, 6.45) is 3.34. The molecule has 0 aliphatic carbocycles. The Balaban J connectivity index is 2.07. The van der Waals surface area contributed by atoms with Gasteiger partial charge in [-0.1, -0.05) is 12.1 Å². The van der Waals surface area contributed by atoms with Crippen LogP contribution in [0.5, 0.6) is 0 Å². The lowest BCUT2D eigenvalue weighted by molar-refractivity contribution is -0.136. The average molecular weight is 294 g/mol. The highest BCUT2D eigenvalue weighted by atomic mass is 32.2. The maximum absolute atomic E-state index is 12.1. The first-order chi connectivity index (χ1) is 9.47. The van der Waals surface area contributed by atoms with Gasteiger partial charge in [-0.3, -0.25) is 4.79 Å². The maximum atomic E-state index is 12.1. The number of nitrogens with one attached hydrogen (secondary N) is 1. The van der Waals surface area contributed by atoms with Crippen molar-refractivity contribution in [2.75, 3.05) is 5.75 Å². The van der Waals surface area contributed by atoms with Crippen LogP contribution in [0.4, 0.5) is 0 Å². The molecular weight excluding hydrogens is 280 g/mol. The lowest BCUT2D eigenvalue weighted by Crippen LogP contribution is -2.10. The molecule has 6 nitrogen and oxygen atoms in total. The van der Waals surface area contributed by atoms with E-state index in [9.17, 15) is 13.2 Å². The Kier molecular flexibility index (Phi) is 4.19. The fraction of sp³-hybridized carbons (Fsp3) is 0.231. The number of sulfone groups is 1. The number of hydrogen-bond donors (Lipinski definition) is 2. The van der Waals surface area contributed by atoms with E-state index in [4.69, 9.17) is 5.11 Å². The van der Waals surface area contributed by atoms with Gasteiger partial charge in [0.15, 0.2) is 9.84 Å². The van der Waals surface area contributed by atoms with Crippen molar-refractivity contribution in [1.29, 1.82) is 0 Å². The van der Waals surface area contributed by atoms with Gasteiger partial charge in [0, 0.05) is 18.3 Å². The number of benzene rings is 1. The average Bonchev–Trinajstić information content (AvgIpc) is 2.89. The lowest BCUT2D eigenvalue weighted by atomic mass is 10.2. The number of carboxylic acids is 1. The molecule has 0 fully saturated rings. The summed E-state index contributed by atoms with van der Waals surface area (Å²) in [5.74, 6) is -0.965. The molecule has 20 heavy (non-hydrogen) atoms. The summed E-state index contributed by atoms with van der Waals surface area (Å²) in [5.41, 5.74) is 1.33. The van der Waals surface area contributed by atoms with E-state index in [2.05, 4.69) is 9.97 Å². The number of imidazole rings is 1. The smallest absolute Gasteiger partial charge is 0.307 e. The van der Waals surface area contributed by atoms with Crippen molar-refractivity contribution in [3.63, 3.8) is 0 Å². The first-order valence-electron chi connectivity index (χ1n) is 5.98. The van der Waals surface area contributed by atoms with Gasteiger partial charge >= 0.3 is 5.97 Å². The van der Waals surface area contributed by atoms with Gasteiger partial charge in [-0.25, -0.2) is 13.4 Å². The Hall–Kier alpha value is -2.15. The number of hydrogen-bond acceptors (Lipinski definition) is 4. The van der Waals surface area contributed by atoms with E-state index in [0.29, 0.717) is 12.0 Å². The first-order valence-corrected chi connectivity index (χ1v) is 7.63. The lowest BCUT2D eigenvalue weighted by Gasteiger charge is -2.04. The van der Waals surface area contributed by atoms with Crippen LogP contribution in [0.1, 0.15) is 11.3 Å². The van der Waals surface area contributed by atoms with Crippen LogP contribution in [0, 0.1) is 0 Å². The van der Waals surface area contributed by atoms with Crippen molar-refractivity contribution in [3.8, 4) is 0 Å². The summed E-state index contributed by atoms with van der Waals surface area (Å²) >= 11 is 0. The summed E-state index contributed by atoms with van der Waals surface area (Å²) < 4.78 is 24.2. The SMILES string of the molecule is O=C(O)Cc1ccc(S(=O)(=O)CCc2cnc[nH]2)cc1. The van der Waals surface area contributed by atoms with E-state index in [1.165, 1.54) is 30.6 Å². The fourth-order valence-corrected chi connectivity index (χ4v) is 3.05. The largest absolute Gasteiger partial charge is 0.481 e. The number of aromatic nitrogens is 2. The van der Waals surface area contributed by atoms with Crippen LogP contribution >= 0.6 is 0 Å². The molecule has 1 heterocycles. The molecule has 0 amide bonds. The molecule has 0 radical (unpaired) electrons. The third kappa shape index (κ3) is 3.67. The molecule has 0 atom stereocenters. The standard InChI is InChI=1S/C13H14N2O4S/c16-13(17)7-10-1-3-12(4-2-10)20(18,19)6-5-11-8-14-9-15-11/h1-4,8-9H,5-7H2,(H,14,15)(H,16,17). The summed E-state index contributed by atoms with van der Waals surface area (Å²) in [5, 5.41) is 8.66. The molecule has 0 aliphatic rings. The van der Waals surface area contributed by atoms with Crippen LogP contribution in [0.3, 0.4) is 0 Å². The number of H-pyrrole nitrogens is 1. The Morgan fingerprint density at radius 2 is 1.95 bits per heavy atom. The quantitative estimate of drug-likeness (QED) is 0.829. The molecule has 0 aliphatic heterocycles. The molecule has 7 heteroatoms. The molecule has 1 aromatic carbocycles. The van der Waals surface area contributed by atoms with Crippen LogP contribution in [-0.2, 0) is 27.5 Å². The van der Waals surface area contributed by atoms with Crippen LogP contribution in [-0.4, -0.2) is 35.2 Å². The molecule has 0 saturated heterocycles. The van der Waals surface area contributed by atoms with Crippen molar-refractivity contribution >= 4 is 15.8 Å². The van der Waals surface area contributed by atoms with Crippen molar-refractivity contribution < 1.29 is 18.3 Å². The molecule has 2 rings (SSSR count). The van der Waals surface area contributed by atoms with Crippen molar-refractivity contribution in [2.24, 2.45) is 0 Å². The molecule has 2 aromatic rings. The van der Waals surface area contributed by atoms with Crippen molar-refractivity contribution in [2.45, 2.75) is 17.7 Å². The number of carbonyl (C=O) groups is 1. The van der Waals surface area contributed by atoms with Crippen molar-refractivity contribution in [1.82, 2.24) is 9.97 Å². The first kappa shape index (κ1) is 14.3. The molecular formula is C13H14N2O4S. The number of aromatic amines is 1. The second-order valence-corrected chi connectivity index (χ2v) is 6.47. The summed E-state index contributed by atoms with van der Waals surface area (Å²) in [6, 6.07) is 5.94. The summed E-state index contributed by atoms with van der Waals surface area (Å²) in [7, 11) is -3.38. The third-order valence-electron chi connectivity index (χ3n) is 2.83. The van der Waals surface area contributed by atoms with E-state index in [-0.39, 0.29) is 17.1 Å². The molecule has 2 N–H and O–H groups in total. The topological polar surface area (TPSA) is 100 Å². The van der Waals surface area contributed by atoms with Gasteiger partial charge < -0.3 is 10.1 Å². The van der Waals surface area contributed by atoms with Crippen LogP contribution in [0.25, 0.3) is 0 Å². The Labute approximate surface area is 116 Å². The highest BCUT2D eigenvalue weighted by molar-refractivity contribution is 7.91. The Bertz CT molecular complexity index is 676. The Morgan fingerprint density at radius 1 is 1.25 bits per heavy atom. The van der Waals surface area contributed by atoms with Crippen LogP contribution in [0.15, 0.2) is 41.7 Å². The van der Waals surface area contributed by atoms with Gasteiger partial charge in [0.1, 0.15) is 0 Å². The van der Waals surface area contributed by atoms with E-state index in [1.54, 1.807) is 6.20 Å². The second-order valence-electron chi connectivity index (χ2n) is 4.36. The van der Waals surface area contributed by atoms with Crippen LogP contribution < -0.4 is 0 Å². The molecule has 106 valence electrons. The zero-order valence-corrected chi connectivity index (χ0v) is 11.4. The van der Waals surface area contributed by atoms with Crippen LogP contribution in [0.2, 0.25) is 0 Å². The molecule has 0 saturated carbocycles. The monoisotopic (exact) mass is 294 g/mol. The minimum atomic E-state index is -3.38. The van der Waals surface area contributed by atoms with Gasteiger partial charge in [0.2, 0.25) is 0 Å². The van der Waals surface area contributed by atoms with Gasteiger partial charge in [-0.05, 0) is 17.7 Å². The number of carboxylic acid groups (broad SMARTS) is 1. The minimum absolute atomic E-state index is 0.0204. The zero-order chi connectivity index (χ0) is 14.6.